The summed E-state index contributed by atoms with van der Waals surface area (Å²) in [5.74, 6) is -3.32. The Kier molecular flexibility index (Phi) is 9.31. The molecule has 2 aliphatic rings. The van der Waals surface area contributed by atoms with Gasteiger partial charge < -0.3 is 9.47 Å². The number of esters is 2. The fourth-order valence-corrected chi connectivity index (χ4v) is 6.44. The number of carbonyl (C=O) groups is 4. The van der Waals surface area contributed by atoms with Crippen LogP contribution in [0.4, 0.5) is 4.39 Å². The molecular weight excluding hydrogens is 605 g/mol. The van der Waals surface area contributed by atoms with Crippen molar-refractivity contribution < 1.29 is 33.0 Å². The second kappa shape index (κ2) is 12.3. The fourth-order valence-electron chi connectivity index (χ4n) is 6.11. The SMILES string of the molecule is CC(C)[C@@H]1CC[C@@H](C)C[C@H]1OC(=O)[C@@]1(CC(=O)OC(C)(C)C)C(=O)N(Cc2ccc(Br)cc2F)C(=O)c2ccccc21. The molecule has 226 valence electrons. The van der Waals surface area contributed by atoms with E-state index in [-0.39, 0.29) is 28.5 Å². The number of hydrogen-bond donors (Lipinski definition) is 0. The van der Waals surface area contributed by atoms with Crippen LogP contribution in [-0.4, -0.2) is 40.4 Å². The van der Waals surface area contributed by atoms with E-state index in [1.165, 1.54) is 24.3 Å². The van der Waals surface area contributed by atoms with E-state index in [0.29, 0.717) is 16.8 Å². The molecule has 2 aromatic rings. The minimum absolute atomic E-state index is 0.0762. The maximum absolute atomic E-state index is 14.9. The predicted molar refractivity (Wildman–Crippen MR) is 159 cm³/mol. The number of halogens is 2. The van der Waals surface area contributed by atoms with E-state index in [1.807, 2.05) is 0 Å². The third-order valence-corrected chi connectivity index (χ3v) is 8.71. The van der Waals surface area contributed by atoms with Crippen molar-refractivity contribution in [3.63, 3.8) is 0 Å². The third-order valence-electron chi connectivity index (χ3n) is 8.21. The number of benzene rings is 2. The molecule has 2 aromatic carbocycles. The average Bonchev–Trinajstić information content (AvgIpc) is 2.89. The fraction of sp³-hybridized carbons (Fsp3) is 0.515. The van der Waals surface area contributed by atoms with Gasteiger partial charge in [0.25, 0.3) is 11.8 Å². The number of nitrogens with zero attached hydrogens (tertiary/aromatic N) is 1. The highest BCUT2D eigenvalue weighted by molar-refractivity contribution is 9.10. The van der Waals surface area contributed by atoms with E-state index in [9.17, 15) is 23.6 Å². The summed E-state index contributed by atoms with van der Waals surface area (Å²) in [6.07, 6.45) is 1.36. The summed E-state index contributed by atoms with van der Waals surface area (Å²) in [6.45, 7) is 10.9. The summed E-state index contributed by atoms with van der Waals surface area (Å²) in [4.78, 5) is 57.0. The largest absolute Gasteiger partial charge is 0.461 e. The van der Waals surface area contributed by atoms with Crippen molar-refractivity contribution in [3.05, 3.63) is 69.4 Å². The molecule has 0 bridgehead atoms. The molecule has 7 nitrogen and oxygen atoms in total. The Bertz CT molecular complexity index is 1380. The quantitative estimate of drug-likeness (QED) is 0.188. The smallest absolute Gasteiger partial charge is 0.327 e. The van der Waals surface area contributed by atoms with Crippen LogP contribution in [0.1, 0.15) is 88.7 Å². The molecule has 1 fully saturated rings. The third kappa shape index (κ3) is 6.46. The Morgan fingerprint density at radius 2 is 1.81 bits per heavy atom. The molecule has 42 heavy (non-hydrogen) atoms. The molecule has 0 aromatic heterocycles. The zero-order valence-corrected chi connectivity index (χ0v) is 26.6. The molecule has 2 amide bonds. The number of rotatable bonds is 7. The maximum atomic E-state index is 14.9. The zero-order chi connectivity index (χ0) is 31.0. The summed E-state index contributed by atoms with van der Waals surface area (Å²) in [5, 5.41) is 0. The Balaban J connectivity index is 1.85. The van der Waals surface area contributed by atoms with Crippen LogP contribution in [-0.2, 0) is 35.8 Å². The number of carbonyl (C=O) groups excluding carboxylic acids is 4. The van der Waals surface area contributed by atoms with Gasteiger partial charge in [-0.3, -0.25) is 24.1 Å². The first-order valence-electron chi connectivity index (χ1n) is 14.5. The van der Waals surface area contributed by atoms with Gasteiger partial charge in [0, 0.05) is 15.6 Å². The molecule has 0 unspecified atom stereocenters. The van der Waals surface area contributed by atoms with E-state index in [1.54, 1.807) is 39.0 Å². The molecule has 1 aliphatic carbocycles. The number of hydrogen-bond acceptors (Lipinski definition) is 6. The van der Waals surface area contributed by atoms with Gasteiger partial charge in [-0.05, 0) is 75.1 Å². The molecular formula is C33H39BrFNO6. The van der Waals surface area contributed by atoms with Crippen molar-refractivity contribution in [3.8, 4) is 0 Å². The van der Waals surface area contributed by atoms with Gasteiger partial charge in [0.2, 0.25) is 0 Å². The van der Waals surface area contributed by atoms with Gasteiger partial charge in [-0.1, -0.05) is 67.4 Å². The number of imide groups is 1. The van der Waals surface area contributed by atoms with Crippen LogP contribution in [0.5, 0.6) is 0 Å². The topological polar surface area (TPSA) is 90.0 Å². The highest BCUT2D eigenvalue weighted by Crippen LogP contribution is 2.43. The highest BCUT2D eigenvalue weighted by atomic mass is 79.9. The van der Waals surface area contributed by atoms with E-state index < -0.39 is 59.7 Å². The Morgan fingerprint density at radius 3 is 2.45 bits per heavy atom. The average molecular weight is 645 g/mol. The standard InChI is InChI=1S/C33H39BrFNO6/c1-19(2)23-14-11-20(3)15-27(23)41-31(40)33(17-28(37)42-32(4,5)6)25-10-8-7-9-24(25)29(38)36(30(33)39)18-21-12-13-22(34)16-26(21)35/h7-10,12-13,16,19-20,23,27H,11,14-15,17-18H2,1-6H3/t20-,23+,27-,33-/m1/s1. The van der Waals surface area contributed by atoms with Gasteiger partial charge in [-0.2, -0.15) is 0 Å². The normalized spacial score (nSPS) is 24.4. The molecule has 0 N–H and O–H groups in total. The van der Waals surface area contributed by atoms with E-state index in [2.05, 4.69) is 36.7 Å². The van der Waals surface area contributed by atoms with Crippen molar-refractivity contribution in [2.24, 2.45) is 17.8 Å². The number of fused-ring (bicyclic) bond motifs is 1. The second-order valence-electron chi connectivity index (χ2n) is 12.9. The Hall–Kier alpha value is -3.07. The first-order chi connectivity index (χ1) is 19.6. The monoisotopic (exact) mass is 643 g/mol. The summed E-state index contributed by atoms with van der Waals surface area (Å²) in [7, 11) is 0. The second-order valence-corrected chi connectivity index (χ2v) is 13.8. The highest BCUT2D eigenvalue weighted by Gasteiger charge is 2.59. The van der Waals surface area contributed by atoms with Crippen LogP contribution >= 0.6 is 15.9 Å². The minimum atomic E-state index is -2.19. The molecule has 1 heterocycles. The first kappa shape index (κ1) is 31.9. The molecule has 4 atom stereocenters. The molecule has 1 saturated carbocycles. The van der Waals surface area contributed by atoms with Crippen molar-refractivity contribution in [1.29, 1.82) is 0 Å². The van der Waals surface area contributed by atoms with Gasteiger partial charge in [0.05, 0.1) is 13.0 Å². The van der Waals surface area contributed by atoms with E-state index in [0.717, 1.165) is 17.7 Å². The molecule has 0 radical (unpaired) electrons. The molecule has 9 heteroatoms. The van der Waals surface area contributed by atoms with Crippen molar-refractivity contribution in [1.82, 2.24) is 4.90 Å². The van der Waals surface area contributed by atoms with Crippen LogP contribution in [0.2, 0.25) is 0 Å². The molecule has 0 saturated heterocycles. The van der Waals surface area contributed by atoms with Gasteiger partial charge >= 0.3 is 11.9 Å². The molecule has 4 rings (SSSR count). The summed E-state index contributed by atoms with van der Waals surface area (Å²) in [6, 6.07) is 10.5. The van der Waals surface area contributed by atoms with Crippen LogP contribution < -0.4 is 0 Å². The summed E-state index contributed by atoms with van der Waals surface area (Å²) < 4.78 is 27.2. The summed E-state index contributed by atoms with van der Waals surface area (Å²) in [5.41, 5.74) is -2.83. The van der Waals surface area contributed by atoms with Gasteiger partial charge in [-0.15, -0.1) is 0 Å². The Morgan fingerprint density at radius 1 is 1.12 bits per heavy atom. The maximum Gasteiger partial charge on any atom is 0.327 e. The minimum Gasteiger partial charge on any atom is -0.461 e. The van der Waals surface area contributed by atoms with Crippen molar-refractivity contribution in [2.45, 2.75) is 90.9 Å². The van der Waals surface area contributed by atoms with Crippen molar-refractivity contribution in [2.75, 3.05) is 0 Å². The van der Waals surface area contributed by atoms with Crippen LogP contribution in [0.15, 0.2) is 46.9 Å². The molecule has 1 aliphatic heterocycles. The molecule has 0 spiro atoms. The van der Waals surface area contributed by atoms with Crippen LogP contribution in [0, 0.1) is 23.6 Å². The zero-order valence-electron chi connectivity index (χ0n) is 25.0. The predicted octanol–water partition coefficient (Wildman–Crippen LogP) is 6.74. The Labute approximate surface area is 255 Å². The first-order valence-corrected chi connectivity index (χ1v) is 15.3. The lowest BCUT2D eigenvalue weighted by atomic mass is 9.70. The lowest BCUT2D eigenvalue weighted by Gasteiger charge is -2.42. The van der Waals surface area contributed by atoms with Gasteiger partial charge in [0.1, 0.15) is 17.5 Å². The summed E-state index contributed by atoms with van der Waals surface area (Å²) >= 11 is 3.22. The lowest BCUT2D eigenvalue weighted by Crippen LogP contribution is -2.60. The van der Waals surface area contributed by atoms with E-state index in [4.69, 9.17) is 9.47 Å². The van der Waals surface area contributed by atoms with Crippen molar-refractivity contribution >= 4 is 39.7 Å². The van der Waals surface area contributed by atoms with E-state index >= 15 is 0 Å². The van der Waals surface area contributed by atoms with Crippen LogP contribution in [0.25, 0.3) is 0 Å². The van der Waals surface area contributed by atoms with Gasteiger partial charge in [-0.25, -0.2) is 4.39 Å². The van der Waals surface area contributed by atoms with Crippen LogP contribution in [0.3, 0.4) is 0 Å². The number of amides is 2. The van der Waals surface area contributed by atoms with Gasteiger partial charge in [0.15, 0.2) is 5.41 Å². The number of ether oxygens (including phenoxy) is 2. The lowest BCUT2D eigenvalue weighted by molar-refractivity contribution is -0.175.